The average Bonchev–Trinajstić information content (AvgIpc) is 2.45. The van der Waals surface area contributed by atoms with Crippen LogP contribution in [0.25, 0.3) is 0 Å². The Labute approximate surface area is 132 Å². The summed E-state index contributed by atoms with van der Waals surface area (Å²) in [6.07, 6.45) is 0.816. The van der Waals surface area contributed by atoms with Crippen LogP contribution in [-0.4, -0.2) is 53.6 Å². The molecule has 1 heterocycles. The van der Waals surface area contributed by atoms with Crippen LogP contribution in [0.3, 0.4) is 0 Å². The smallest absolute Gasteiger partial charge is 0.243 e. The Hall–Kier alpha value is -1.69. The van der Waals surface area contributed by atoms with Crippen molar-refractivity contribution >= 4 is 33.5 Å². The molecule has 0 atom stereocenters. The second kappa shape index (κ2) is 6.85. The fourth-order valence-corrected chi connectivity index (χ4v) is 2.49. The van der Waals surface area contributed by atoms with Crippen LogP contribution in [-0.2, 0) is 9.59 Å². The van der Waals surface area contributed by atoms with E-state index in [4.69, 9.17) is 0 Å². The van der Waals surface area contributed by atoms with E-state index in [0.29, 0.717) is 12.1 Å². The van der Waals surface area contributed by atoms with Crippen molar-refractivity contribution in [1.29, 1.82) is 0 Å². The van der Waals surface area contributed by atoms with E-state index >= 15 is 0 Å². The lowest BCUT2D eigenvalue weighted by Gasteiger charge is -2.33. The van der Waals surface area contributed by atoms with Crippen LogP contribution >= 0.6 is 15.9 Å². The number of hydrogen-bond donors (Lipinski definition) is 0. The molecular formula is C15H17BrN2O3. The van der Waals surface area contributed by atoms with Crippen LogP contribution in [0.15, 0.2) is 28.7 Å². The first-order chi connectivity index (χ1) is 10.0. The molecule has 1 aromatic rings. The number of hydrogen-bond acceptors (Lipinski definition) is 3. The Morgan fingerprint density at radius 1 is 1.10 bits per heavy atom. The Bertz CT molecular complexity index is 557. The summed E-state index contributed by atoms with van der Waals surface area (Å²) in [5, 5.41) is 0. The Kier molecular flexibility index (Phi) is 5.12. The van der Waals surface area contributed by atoms with Gasteiger partial charge in [0, 0.05) is 16.6 Å². The van der Waals surface area contributed by atoms with E-state index in [1.807, 2.05) is 6.92 Å². The molecule has 0 bridgehead atoms. The van der Waals surface area contributed by atoms with Crippen molar-refractivity contribution in [3.05, 3.63) is 34.3 Å². The van der Waals surface area contributed by atoms with Crippen molar-refractivity contribution in [3.63, 3.8) is 0 Å². The second-order valence-electron chi connectivity index (χ2n) is 5.00. The molecule has 0 saturated carbocycles. The predicted molar refractivity (Wildman–Crippen MR) is 81.9 cm³/mol. The summed E-state index contributed by atoms with van der Waals surface area (Å²) in [5.74, 6) is -0.429. The van der Waals surface area contributed by atoms with Gasteiger partial charge in [-0.05, 0) is 18.6 Å². The molecule has 1 aliphatic heterocycles. The van der Waals surface area contributed by atoms with Crippen LogP contribution in [0, 0.1) is 0 Å². The van der Waals surface area contributed by atoms with Gasteiger partial charge in [-0.2, -0.15) is 0 Å². The van der Waals surface area contributed by atoms with E-state index in [9.17, 15) is 14.4 Å². The molecule has 6 heteroatoms. The van der Waals surface area contributed by atoms with Gasteiger partial charge < -0.3 is 9.80 Å². The normalized spacial score (nSPS) is 15.5. The highest BCUT2D eigenvalue weighted by Gasteiger charge is 2.30. The third kappa shape index (κ3) is 3.91. The highest BCUT2D eigenvalue weighted by Crippen LogP contribution is 2.12. The minimum absolute atomic E-state index is 0.0128. The monoisotopic (exact) mass is 352 g/mol. The van der Waals surface area contributed by atoms with Gasteiger partial charge in [0.05, 0.1) is 13.1 Å². The quantitative estimate of drug-likeness (QED) is 0.758. The molecule has 1 fully saturated rings. The van der Waals surface area contributed by atoms with E-state index in [-0.39, 0.29) is 37.2 Å². The maximum atomic E-state index is 12.1. The molecule has 0 aliphatic carbocycles. The summed E-state index contributed by atoms with van der Waals surface area (Å²) in [6.45, 7) is 2.55. The van der Waals surface area contributed by atoms with Crippen LogP contribution in [0.4, 0.5) is 0 Å². The van der Waals surface area contributed by atoms with Gasteiger partial charge in [0.2, 0.25) is 11.8 Å². The topological polar surface area (TPSA) is 57.7 Å². The molecule has 21 heavy (non-hydrogen) atoms. The first kappa shape index (κ1) is 15.7. The molecule has 5 nitrogen and oxygen atoms in total. The molecule has 0 aromatic heterocycles. The third-order valence-electron chi connectivity index (χ3n) is 3.35. The summed E-state index contributed by atoms with van der Waals surface area (Å²) in [6, 6.07) is 6.96. The lowest BCUT2D eigenvalue weighted by Crippen LogP contribution is -2.54. The molecule has 0 unspecified atom stereocenters. The number of benzene rings is 1. The third-order valence-corrected chi connectivity index (χ3v) is 3.88. The molecule has 2 amide bonds. The zero-order valence-electron chi connectivity index (χ0n) is 11.8. The Balaban J connectivity index is 2.00. The number of ketones is 1. The van der Waals surface area contributed by atoms with E-state index in [0.717, 1.165) is 10.9 Å². The van der Waals surface area contributed by atoms with E-state index in [2.05, 4.69) is 15.9 Å². The Morgan fingerprint density at radius 2 is 1.67 bits per heavy atom. The average molecular weight is 353 g/mol. The number of carbonyl (C=O) groups is 3. The van der Waals surface area contributed by atoms with Gasteiger partial charge in [0.1, 0.15) is 6.54 Å². The van der Waals surface area contributed by atoms with Crippen molar-refractivity contribution in [1.82, 2.24) is 9.80 Å². The first-order valence-corrected chi connectivity index (χ1v) is 7.65. The molecular weight excluding hydrogens is 336 g/mol. The second-order valence-corrected chi connectivity index (χ2v) is 5.91. The van der Waals surface area contributed by atoms with Crippen LogP contribution in [0.1, 0.15) is 23.7 Å². The number of rotatable bonds is 5. The number of piperazine rings is 1. The molecule has 1 saturated heterocycles. The number of amides is 2. The van der Waals surface area contributed by atoms with Crippen LogP contribution in [0.2, 0.25) is 0 Å². The standard InChI is InChI=1S/C15H17BrN2O3/c1-2-7-17-9-15(21)18(10-14(17)20)8-13(19)11-3-5-12(16)6-4-11/h3-6H,2,7-10H2,1H3. The summed E-state index contributed by atoms with van der Waals surface area (Å²) in [7, 11) is 0. The molecule has 0 N–H and O–H groups in total. The van der Waals surface area contributed by atoms with Crippen molar-refractivity contribution in [2.24, 2.45) is 0 Å². The fourth-order valence-electron chi connectivity index (χ4n) is 2.22. The van der Waals surface area contributed by atoms with Crippen molar-refractivity contribution < 1.29 is 14.4 Å². The van der Waals surface area contributed by atoms with Gasteiger partial charge in [0.25, 0.3) is 0 Å². The maximum absolute atomic E-state index is 12.1. The number of nitrogens with zero attached hydrogens (tertiary/aromatic N) is 2. The van der Waals surface area contributed by atoms with Gasteiger partial charge in [-0.3, -0.25) is 14.4 Å². The van der Waals surface area contributed by atoms with Gasteiger partial charge in [0.15, 0.2) is 5.78 Å². The first-order valence-electron chi connectivity index (χ1n) is 6.85. The molecule has 1 aliphatic rings. The van der Waals surface area contributed by atoms with Crippen LogP contribution in [0.5, 0.6) is 0 Å². The SMILES string of the molecule is CCCN1CC(=O)N(CC(=O)c2ccc(Br)cc2)CC1=O. The molecule has 2 rings (SSSR count). The number of carbonyl (C=O) groups excluding carboxylic acids is 3. The highest BCUT2D eigenvalue weighted by molar-refractivity contribution is 9.10. The number of Topliss-reactive ketones (excluding diaryl/α,β-unsaturated/α-hetero) is 1. The summed E-state index contributed by atoms with van der Waals surface area (Å²) in [4.78, 5) is 39.0. The minimum Gasteiger partial charge on any atom is -0.332 e. The lowest BCUT2D eigenvalue weighted by atomic mass is 10.1. The lowest BCUT2D eigenvalue weighted by molar-refractivity contribution is -0.149. The molecule has 1 aromatic carbocycles. The van der Waals surface area contributed by atoms with Crippen LogP contribution < -0.4 is 0 Å². The zero-order chi connectivity index (χ0) is 15.4. The molecule has 112 valence electrons. The van der Waals surface area contributed by atoms with Crippen molar-refractivity contribution in [2.45, 2.75) is 13.3 Å². The minimum atomic E-state index is -0.173. The summed E-state index contributed by atoms with van der Waals surface area (Å²) >= 11 is 3.31. The molecule has 0 spiro atoms. The predicted octanol–water partition coefficient (Wildman–Crippen LogP) is 1.71. The zero-order valence-corrected chi connectivity index (χ0v) is 13.4. The van der Waals surface area contributed by atoms with E-state index in [1.165, 1.54) is 4.90 Å². The fraction of sp³-hybridized carbons (Fsp3) is 0.400. The maximum Gasteiger partial charge on any atom is 0.243 e. The van der Waals surface area contributed by atoms with E-state index in [1.54, 1.807) is 29.2 Å². The summed E-state index contributed by atoms with van der Waals surface area (Å²) in [5.41, 5.74) is 0.537. The Morgan fingerprint density at radius 3 is 2.29 bits per heavy atom. The van der Waals surface area contributed by atoms with Crippen molar-refractivity contribution in [3.8, 4) is 0 Å². The van der Waals surface area contributed by atoms with Crippen molar-refractivity contribution in [2.75, 3.05) is 26.2 Å². The van der Waals surface area contributed by atoms with Gasteiger partial charge in [-0.15, -0.1) is 0 Å². The molecule has 0 radical (unpaired) electrons. The van der Waals surface area contributed by atoms with Gasteiger partial charge in [-0.25, -0.2) is 0 Å². The van der Waals surface area contributed by atoms with Gasteiger partial charge >= 0.3 is 0 Å². The van der Waals surface area contributed by atoms with E-state index < -0.39 is 0 Å². The number of halogens is 1. The van der Waals surface area contributed by atoms with Gasteiger partial charge in [-0.1, -0.05) is 35.0 Å². The highest BCUT2D eigenvalue weighted by atomic mass is 79.9. The summed E-state index contributed by atoms with van der Waals surface area (Å²) < 4.78 is 0.887. The largest absolute Gasteiger partial charge is 0.332 e.